The van der Waals surface area contributed by atoms with Crippen LogP contribution in [0.15, 0.2) is 34.9 Å². The lowest BCUT2D eigenvalue weighted by Crippen LogP contribution is -2.04. The monoisotopic (exact) mass is 214 g/mol. The zero-order valence-electron chi connectivity index (χ0n) is 8.76. The molecule has 0 unspecified atom stereocenters. The van der Waals surface area contributed by atoms with Crippen molar-refractivity contribution in [1.29, 1.82) is 0 Å². The Hall–Kier alpha value is -1.02. The van der Waals surface area contributed by atoms with Crippen LogP contribution in [0.4, 0.5) is 0 Å². The van der Waals surface area contributed by atoms with Gasteiger partial charge in [-0.05, 0) is 19.4 Å². The van der Waals surface area contributed by atoms with Gasteiger partial charge in [0.05, 0.1) is 12.7 Å². The van der Waals surface area contributed by atoms with Gasteiger partial charge < -0.3 is 4.74 Å². The number of ether oxygens (including phenoxy) is 1. The molecular weight excluding hydrogens is 200 g/mol. The van der Waals surface area contributed by atoms with E-state index in [1.807, 2.05) is 19.1 Å². The first-order chi connectivity index (χ1) is 6.52. The highest BCUT2D eigenvalue weighted by Crippen LogP contribution is 2.14. The van der Waals surface area contributed by atoms with Crippen molar-refractivity contribution < 1.29 is 9.53 Å². The van der Waals surface area contributed by atoms with Gasteiger partial charge in [-0.3, -0.25) is 0 Å². The normalized spacial score (nSPS) is 12.6. The molecule has 3 heteroatoms. The standard InChI is InChI=1S/C11H15ClO2/c1-5-10(12)7-6-8(2)9(3)11(13)14-4/h5-6H,3,7H2,1-2,4H3/b8-6-,10-5+. The summed E-state index contributed by atoms with van der Waals surface area (Å²) >= 11 is 5.80. The van der Waals surface area contributed by atoms with Gasteiger partial charge in [-0.2, -0.15) is 0 Å². The maximum Gasteiger partial charge on any atom is 0.337 e. The van der Waals surface area contributed by atoms with Crippen LogP contribution in [0.1, 0.15) is 20.3 Å². The Kier molecular flexibility index (Phi) is 5.97. The number of hydrogen-bond acceptors (Lipinski definition) is 2. The maximum absolute atomic E-state index is 11.1. The first-order valence-electron chi connectivity index (χ1n) is 4.28. The molecular formula is C11H15ClO2. The summed E-state index contributed by atoms with van der Waals surface area (Å²) < 4.78 is 4.54. The first kappa shape index (κ1) is 13.0. The third-order valence-electron chi connectivity index (χ3n) is 1.82. The lowest BCUT2D eigenvalue weighted by atomic mass is 10.1. The van der Waals surface area contributed by atoms with E-state index in [2.05, 4.69) is 11.3 Å². The third kappa shape index (κ3) is 4.28. The fourth-order valence-electron chi connectivity index (χ4n) is 0.776. The largest absolute Gasteiger partial charge is 0.465 e. The van der Waals surface area contributed by atoms with Crippen LogP contribution < -0.4 is 0 Å². The molecule has 0 aliphatic heterocycles. The summed E-state index contributed by atoms with van der Waals surface area (Å²) in [5, 5.41) is 0.738. The van der Waals surface area contributed by atoms with Gasteiger partial charge in [0.15, 0.2) is 0 Å². The predicted molar refractivity (Wildman–Crippen MR) is 59.1 cm³/mol. The van der Waals surface area contributed by atoms with E-state index in [1.165, 1.54) is 7.11 Å². The van der Waals surface area contributed by atoms with Crippen molar-refractivity contribution in [2.45, 2.75) is 20.3 Å². The molecule has 0 bridgehead atoms. The van der Waals surface area contributed by atoms with Crippen molar-refractivity contribution in [3.8, 4) is 0 Å². The number of rotatable bonds is 4. The van der Waals surface area contributed by atoms with Crippen molar-refractivity contribution in [3.63, 3.8) is 0 Å². The molecule has 14 heavy (non-hydrogen) atoms. The minimum absolute atomic E-state index is 0.369. The molecule has 0 aromatic rings. The first-order valence-corrected chi connectivity index (χ1v) is 4.65. The van der Waals surface area contributed by atoms with E-state index in [0.29, 0.717) is 12.0 Å². The molecule has 78 valence electrons. The molecule has 0 atom stereocenters. The molecule has 0 heterocycles. The number of esters is 1. The van der Waals surface area contributed by atoms with Gasteiger partial charge >= 0.3 is 5.97 Å². The summed E-state index contributed by atoms with van der Waals surface area (Å²) in [6.07, 6.45) is 4.27. The molecule has 0 aromatic heterocycles. The predicted octanol–water partition coefficient (Wildman–Crippen LogP) is 3.19. The van der Waals surface area contributed by atoms with Gasteiger partial charge in [-0.25, -0.2) is 4.79 Å². The summed E-state index contributed by atoms with van der Waals surface area (Å²) in [7, 11) is 1.33. The highest BCUT2D eigenvalue weighted by molar-refractivity contribution is 6.29. The highest BCUT2D eigenvalue weighted by Gasteiger charge is 2.07. The number of carbonyl (C=O) groups is 1. The molecule has 0 aliphatic carbocycles. The van der Waals surface area contributed by atoms with Crippen LogP contribution in [0.25, 0.3) is 0 Å². The minimum atomic E-state index is -0.407. The zero-order chi connectivity index (χ0) is 11.1. The molecule has 0 saturated carbocycles. The number of methoxy groups -OCH3 is 1. The lowest BCUT2D eigenvalue weighted by Gasteiger charge is -2.03. The maximum atomic E-state index is 11.1. The molecule has 0 aliphatic rings. The molecule has 0 fully saturated rings. The van der Waals surface area contributed by atoms with Crippen LogP contribution in [0.5, 0.6) is 0 Å². The van der Waals surface area contributed by atoms with Crippen LogP contribution in [-0.2, 0) is 9.53 Å². The second-order valence-corrected chi connectivity index (χ2v) is 3.28. The summed E-state index contributed by atoms with van der Waals surface area (Å²) in [5.41, 5.74) is 1.16. The Morgan fingerprint density at radius 2 is 2.14 bits per heavy atom. The number of allylic oxidation sites excluding steroid dienone is 3. The second kappa shape index (κ2) is 6.44. The average molecular weight is 215 g/mol. The number of carbonyl (C=O) groups excluding carboxylic acids is 1. The fourth-order valence-corrected chi connectivity index (χ4v) is 0.853. The average Bonchev–Trinajstić information content (AvgIpc) is 2.22. The van der Waals surface area contributed by atoms with Crippen molar-refractivity contribution in [2.75, 3.05) is 7.11 Å². The topological polar surface area (TPSA) is 26.3 Å². The van der Waals surface area contributed by atoms with Gasteiger partial charge in [0.2, 0.25) is 0 Å². The van der Waals surface area contributed by atoms with Crippen LogP contribution in [-0.4, -0.2) is 13.1 Å². The van der Waals surface area contributed by atoms with Crippen molar-refractivity contribution in [2.24, 2.45) is 0 Å². The van der Waals surface area contributed by atoms with Crippen LogP contribution in [0.3, 0.4) is 0 Å². The third-order valence-corrected chi connectivity index (χ3v) is 2.20. The van der Waals surface area contributed by atoms with Crippen LogP contribution in [0, 0.1) is 0 Å². The quantitative estimate of drug-likeness (QED) is 0.408. The summed E-state index contributed by atoms with van der Waals surface area (Å²) in [5.74, 6) is -0.407. The number of hydrogen-bond donors (Lipinski definition) is 0. The highest BCUT2D eigenvalue weighted by atomic mass is 35.5. The van der Waals surface area contributed by atoms with Gasteiger partial charge in [-0.1, -0.05) is 30.3 Å². The van der Waals surface area contributed by atoms with E-state index in [9.17, 15) is 4.79 Å². The van der Waals surface area contributed by atoms with Crippen LogP contribution >= 0.6 is 11.6 Å². The molecule has 0 aromatic carbocycles. The summed E-state index contributed by atoms with van der Waals surface area (Å²) in [6.45, 7) is 7.29. The van der Waals surface area contributed by atoms with E-state index in [1.54, 1.807) is 6.92 Å². The molecule has 0 saturated heterocycles. The van der Waals surface area contributed by atoms with E-state index in [-0.39, 0.29) is 0 Å². The molecule has 0 rings (SSSR count). The van der Waals surface area contributed by atoms with Crippen molar-refractivity contribution in [1.82, 2.24) is 0 Å². The minimum Gasteiger partial charge on any atom is -0.465 e. The Bertz CT molecular complexity index is 288. The van der Waals surface area contributed by atoms with Crippen LogP contribution in [0.2, 0.25) is 0 Å². The molecule has 0 N–H and O–H groups in total. The molecule has 2 nitrogen and oxygen atoms in total. The molecule has 0 amide bonds. The Morgan fingerprint density at radius 1 is 1.57 bits per heavy atom. The Labute approximate surface area is 89.9 Å². The van der Waals surface area contributed by atoms with Gasteiger partial charge in [0, 0.05) is 11.5 Å². The number of halogens is 1. The van der Waals surface area contributed by atoms with Gasteiger partial charge in [-0.15, -0.1) is 0 Å². The lowest BCUT2D eigenvalue weighted by molar-refractivity contribution is -0.135. The Balaban J connectivity index is 4.39. The zero-order valence-corrected chi connectivity index (χ0v) is 9.52. The van der Waals surface area contributed by atoms with Crippen molar-refractivity contribution in [3.05, 3.63) is 34.9 Å². The smallest absolute Gasteiger partial charge is 0.337 e. The SMILES string of the molecule is C=C(C(=O)OC)/C(C)=C\C/C(Cl)=C\C. The summed E-state index contributed by atoms with van der Waals surface area (Å²) in [4.78, 5) is 11.1. The van der Waals surface area contributed by atoms with Gasteiger partial charge in [0.1, 0.15) is 0 Å². The van der Waals surface area contributed by atoms with E-state index >= 15 is 0 Å². The van der Waals surface area contributed by atoms with E-state index < -0.39 is 5.97 Å². The Morgan fingerprint density at radius 3 is 2.57 bits per heavy atom. The second-order valence-electron chi connectivity index (χ2n) is 2.80. The van der Waals surface area contributed by atoms with E-state index in [0.717, 1.165) is 10.6 Å². The van der Waals surface area contributed by atoms with E-state index in [4.69, 9.17) is 11.6 Å². The summed E-state index contributed by atoms with van der Waals surface area (Å²) in [6, 6.07) is 0. The van der Waals surface area contributed by atoms with Gasteiger partial charge in [0.25, 0.3) is 0 Å². The molecule has 0 radical (unpaired) electrons. The van der Waals surface area contributed by atoms with Crippen molar-refractivity contribution >= 4 is 17.6 Å². The fraction of sp³-hybridized carbons (Fsp3) is 0.364. The molecule has 0 spiro atoms.